The lowest BCUT2D eigenvalue weighted by atomic mass is 10.1. The van der Waals surface area contributed by atoms with Crippen LogP contribution in [0, 0.1) is 0 Å². The van der Waals surface area contributed by atoms with Crippen LogP contribution in [0.2, 0.25) is 0 Å². The van der Waals surface area contributed by atoms with Crippen LogP contribution >= 0.6 is 0 Å². The molecule has 0 atom stereocenters. The van der Waals surface area contributed by atoms with Crippen molar-refractivity contribution in [1.29, 1.82) is 0 Å². The molecule has 1 fully saturated rings. The minimum absolute atomic E-state index is 0.0799. The van der Waals surface area contributed by atoms with Crippen LogP contribution in [0.25, 0.3) is 0 Å². The van der Waals surface area contributed by atoms with Crippen molar-refractivity contribution >= 4 is 11.9 Å². The van der Waals surface area contributed by atoms with Gasteiger partial charge in [-0.1, -0.05) is 23.8 Å². The second kappa shape index (κ2) is 7.92. The molecule has 1 aliphatic rings. The minimum atomic E-state index is -0.420. The van der Waals surface area contributed by atoms with E-state index in [1.54, 1.807) is 24.3 Å². The van der Waals surface area contributed by atoms with Crippen molar-refractivity contribution in [1.82, 2.24) is 9.80 Å². The molecule has 1 heterocycles. The number of carbonyl (C=O) groups excluding carboxylic acids is 2. The fourth-order valence-corrected chi connectivity index (χ4v) is 2.50. The molecule has 124 valence electrons. The van der Waals surface area contributed by atoms with E-state index in [9.17, 15) is 9.59 Å². The lowest BCUT2D eigenvalue weighted by Crippen LogP contribution is -2.48. The van der Waals surface area contributed by atoms with Gasteiger partial charge in [-0.25, -0.2) is 0 Å². The van der Waals surface area contributed by atoms with E-state index in [2.05, 4.69) is 24.8 Å². The van der Waals surface area contributed by atoms with Crippen LogP contribution in [0.15, 0.2) is 35.9 Å². The second-order valence-corrected chi connectivity index (χ2v) is 5.96. The average molecular weight is 316 g/mol. The smallest absolute Gasteiger partial charge is 0.308 e. The Morgan fingerprint density at radius 1 is 1.09 bits per heavy atom. The van der Waals surface area contributed by atoms with E-state index in [-0.39, 0.29) is 5.91 Å². The van der Waals surface area contributed by atoms with Gasteiger partial charge in [0.05, 0.1) is 5.56 Å². The van der Waals surface area contributed by atoms with Gasteiger partial charge in [0, 0.05) is 39.6 Å². The summed E-state index contributed by atoms with van der Waals surface area (Å²) in [4.78, 5) is 28.0. The van der Waals surface area contributed by atoms with E-state index in [1.165, 1.54) is 12.5 Å². The van der Waals surface area contributed by atoms with Gasteiger partial charge in [0.25, 0.3) is 5.91 Å². The van der Waals surface area contributed by atoms with Gasteiger partial charge in [-0.3, -0.25) is 14.5 Å². The highest BCUT2D eigenvalue weighted by Crippen LogP contribution is 2.21. The van der Waals surface area contributed by atoms with Gasteiger partial charge in [-0.15, -0.1) is 0 Å². The largest absolute Gasteiger partial charge is 0.426 e. The number of para-hydroxylation sites is 1. The molecule has 0 aromatic heterocycles. The van der Waals surface area contributed by atoms with Crippen LogP contribution in [0.1, 0.15) is 31.1 Å². The molecule has 0 N–H and O–H groups in total. The number of hydrogen-bond acceptors (Lipinski definition) is 4. The highest BCUT2D eigenvalue weighted by Gasteiger charge is 2.24. The molecule has 0 unspecified atom stereocenters. The molecule has 1 aromatic rings. The van der Waals surface area contributed by atoms with Crippen LogP contribution in [0.4, 0.5) is 0 Å². The summed E-state index contributed by atoms with van der Waals surface area (Å²) in [5, 5.41) is 0. The first-order valence-corrected chi connectivity index (χ1v) is 7.90. The molecule has 5 nitrogen and oxygen atoms in total. The van der Waals surface area contributed by atoms with Crippen LogP contribution in [0.5, 0.6) is 5.75 Å². The molecule has 1 saturated heterocycles. The van der Waals surface area contributed by atoms with Crippen LogP contribution in [0.3, 0.4) is 0 Å². The normalized spacial score (nSPS) is 15.2. The maximum atomic E-state index is 12.7. The molecule has 0 bridgehead atoms. The molecule has 1 amide bonds. The monoisotopic (exact) mass is 316 g/mol. The summed E-state index contributed by atoms with van der Waals surface area (Å²) >= 11 is 0. The Labute approximate surface area is 137 Å². The average Bonchev–Trinajstić information content (AvgIpc) is 2.53. The fourth-order valence-electron chi connectivity index (χ4n) is 2.50. The summed E-state index contributed by atoms with van der Waals surface area (Å²) in [6, 6.07) is 6.90. The van der Waals surface area contributed by atoms with E-state index in [0.717, 1.165) is 19.6 Å². The molecule has 0 saturated carbocycles. The minimum Gasteiger partial charge on any atom is -0.426 e. The van der Waals surface area contributed by atoms with Gasteiger partial charge in [-0.2, -0.15) is 0 Å². The van der Waals surface area contributed by atoms with Crippen LogP contribution < -0.4 is 4.74 Å². The molecule has 0 radical (unpaired) electrons. The Morgan fingerprint density at radius 3 is 2.35 bits per heavy atom. The van der Waals surface area contributed by atoms with Gasteiger partial charge in [0.15, 0.2) is 0 Å². The third kappa shape index (κ3) is 4.93. The van der Waals surface area contributed by atoms with Gasteiger partial charge in [0.1, 0.15) is 5.75 Å². The molecule has 23 heavy (non-hydrogen) atoms. The van der Waals surface area contributed by atoms with Gasteiger partial charge >= 0.3 is 5.97 Å². The molecule has 0 aliphatic carbocycles. The Kier molecular flexibility index (Phi) is 5.93. The van der Waals surface area contributed by atoms with E-state index >= 15 is 0 Å². The third-order valence-corrected chi connectivity index (χ3v) is 3.79. The number of hydrogen-bond donors (Lipinski definition) is 0. The van der Waals surface area contributed by atoms with E-state index in [4.69, 9.17) is 4.74 Å². The van der Waals surface area contributed by atoms with Gasteiger partial charge in [0.2, 0.25) is 0 Å². The Bertz CT molecular complexity index is 598. The molecule has 0 spiro atoms. The predicted octanol–water partition coefficient (Wildman–Crippen LogP) is 2.34. The number of benzene rings is 1. The summed E-state index contributed by atoms with van der Waals surface area (Å²) in [6.45, 7) is 9.51. The number of amides is 1. The summed E-state index contributed by atoms with van der Waals surface area (Å²) in [6.07, 6.45) is 2.20. The first kappa shape index (κ1) is 17.2. The van der Waals surface area contributed by atoms with Crippen molar-refractivity contribution in [2.24, 2.45) is 0 Å². The van der Waals surface area contributed by atoms with E-state index in [0.29, 0.717) is 24.4 Å². The molecule has 1 aromatic carbocycles. The molecule has 2 rings (SSSR count). The summed E-state index contributed by atoms with van der Waals surface area (Å²) in [5.74, 6) is -0.169. The molecule has 5 heteroatoms. The molecular formula is C18H24N2O3. The van der Waals surface area contributed by atoms with Crippen LogP contribution in [-0.4, -0.2) is 54.4 Å². The van der Waals surface area contributed by atoms with Crippen molar-refractivity contribution in [3.63, 3.8) is 0 Å². The van der Waals surface area contributed by atoms with Gasteiger partial charge in [-0.05, 0) is 26.0 Å². The first-order valence-electron chi connectivity index (χ1n) is 7.90. The van der Waals surface area contributed by atoms with Crippen molar-refractivity contribution < 1.29 is 14.3 Å². The Hall–Kier alpha value is -2.14. The standard InChI is InChI=1S/C18H24N2O3/c1-14(2)8-9-19-10-12-20(13-11-19)18(22)16-6-4-5-7-17(16)23-15(3)21/h4-8H,9-13H2,1-3H3. The van der Waals surface area contributed by atoms with Crippen molar-refractivity contribution in [3.05, 3.63) is 41.5 Å². The predicted molar refractivity (Wildman–Crippen MR) is 89.5 cm³/mol. The van der Waals surface area contributed by atoms with E-state index in [1.807, 2.05) is 4.90 Å². The highest BCUT2D eigenvalue weighted by atomic mass is 16.5. The van der Waals surface area contributed by atoms with Gasteiger partial charge < -0.3 is 9.64 Å². The van der Waals surface area contributed by atoms with Crippen LogP contribution in [-0.2, 0) is 4.79 Å². The lowest BCUT2D eigenvalue weighted by Gasteiger charge is -2.34. The number of nitrogens with zero attached hydrogens (tertiary/aromatic N) is 2. The summed E-state index contributed by atoms with van der Waals surface area (Å²) in [5.41, 5.74) is 1.75. The SMILES string of the molecule is CC(=O)Oc1ccccc1C(=O)N1CCN(CC=C(C)C)CC1. The molecule has 1 aliphatic heterocycles. The Morgan fingerprint density at radius 2 is 1.74 bits per heavy atom. The number of allylic oxidation sites excluding steroid dienone is 1. The van der Waals surface area contributed by atoms with Crippen molar-refractivity contribution in [3.8, 4) is 5.75 Å². The highest BCUT2D eigenvalue weighted by molar-refractivity contribution is 5.97. The maximum absolute atomic E-state index is 12.7. The zero-order chi connectivity index (χ0) is 16.8. The number of rotatable bonds is 4. The quantitative estimate of drug-likeness (QED) is 0.486. The third-order valence-electron chi connectivity index (χ3n) is 3.79. The van der Waals surface area contributed by atoms with E-state index < -0.39 is 5.97 Å². The number of esters is 1. The number of piperazine rings is 1. The topological polar surface area (TPSA) is 49.9 Å². The number of ether oxygens (including phenoxy) is 1. The summed E-state index contributed by atoms with van der Waals surface area (Å²) < 4.78 is 5.14. The fraction of sp³-hybridized carbons (Fsp3) is 0.444. The zero-order valence-corrected chi connectivity index (χ0v) is 14.0. The summed E-state index contributed by atoms with van der Waals surface area (Å²) in [7, 11) is 0. The lowest BCUT2D eigenvalue weighted by molar-refractivity contribution is -0.131. The first-order chi connectivity index (χ1) is 11.0. The second-order valence-electron chi connectivity index (χ2n) is 5.96. The van der Waals surface area contributed by atoms with Crippen molar-refractivity contribution in [2.75, 3.05) is 32.7 Å². The Balaban J connectivity index is 2.00. The zero-order valence-electron chi connectivity index (χ0n) is 14.0. The number of carbonyl (C=O) groups is 2. The molecular weight excluding hydrogens is 292 g/mol. The van der Waals surface area contributed by atoms with Crippen molar-refractivity contribution in [2.45, 2.75) is 20.8 Å². The maximum Gasteiger partial charge on any atom is 0.308 e.